The van der Waals surface area contributed by atoms with Gasteiger partial charge in [0.15, 0.2) is 15.7 Å². The normalized spacial score (nSPS) is 12.2. The fourth-order valence-corrected chi connectivity index (χ4v) is 4.49. The number of hydrogen-bond donors (Lipinski definition) is 3. The SMILES string of the molecule is CC(C)(C)C(=O)Nc1cccc(Oc2ccc(Nc3ncnc4ccn(CCNC(=O)C(C)(C)S(C)(=O)=O)c34)cc2Cl)c1. The van der Waals surface area contributed by atoms with Gasteiger partial charge in [-0.2, -0.15) is 0 Å². The minimum Gasteiger partial charge on any atom is -0.456 e. The van der Waals surface area contributed by atoms with Gasteiger partial charge < -0.3 is 25.3 Å². The van der Waals surface area contributed by atoms with Crippen LogP contribution in [-0.2, 0) is 26.0 Å². The van der Waals surface area contributed by atoms with Gasteiger partial charge in [-0.1, -0.05) is 38.4 Å². The summed E-state index contributed by atoms with van der Waals surface area (Å²) >= 11 is 6.57. The van der Waals surface area contributed by atoms with Gasteiger partial charge in [-0.25, -0.2) is 18.4 Å². The Labute approximate surface area is 255 Å². The van der Waals surface area contributed by atoms with Crippen molar-refractivity contribution in [2.45, 2.75) is 45.9 Å². The Morgan fingerprint density at radius 3 is 2.40 bits per heavy atom. The summed E-state index contributed by atoms with van der Waals surface area (Å²) in [6.07, 6.45) is 4.30. The van der Waals surface area contributed by atoms with Crippen molar-refractivity contribution in [3.63, 3.8) is 0 Å². The van der Waals surface area contributed by atoms with Crippen molar-refractivity contribution < 1.29 is 22.7 Å². The number of rotatable bonds is 10. The van der Waals surface area contributed by atoms with Crippen molar-refractivity contribution in [3.8, 4) is 11.5 Å². The molecular weight excluding hydrogens is 592 g/mol. The minimum absolute atomic E-state index is 0.108. The monoisotopic (exact) mass is 626 g/mol. The number of hydrogen-bond acceptors (Lipinski definition) is 8. The number of carbonyl (C=O) groups is 2. The summed E-state index contributed by atoms with van der Waals surface area (Å²) in [5.74, 6) is 0.778. The maximum Gasteiger partial charge on any atom is 0.240 e. The van der Waals surface area contributed by atoms with Crippen molar-refractivity contribution in [2.24, 2.45) is 5.41 Å². The van der Waals surface area contributed by atoms with Gasteiger partial charge in [0.1, 0.15) is 28.1 Å². The first-order chi connectivity index (χ1) is 20.1. The zero-order valence-electron chi connectivity index (χ0n) is 24.9. The number of anilines is 3. The lowest BCUT2D eigenvalue weighted by molar-refractivity contribution is -0.123. The summed E-state index contributed by atoms with van der Waals surface area (Å²) in [5.41, 5.74) is 2.11. The van der Waals surface area contributed by atoms with E-state index in [2.05, 4.69) is 25.9 Å². The molecule has 0 aliphatic carbocycles. The van der Waals surface area contributed by atoms with Crippen LogP contribution in [0.1, 0.15) is 34.6 Å². The molecule has 3 N–H and O–H groups in total. The predicted octanol–water partition coefficient (Wildman–Crippen LogP) is 5.54. The number of halogens is 1. The first-order valence-corrected chi connectivity index (χ1v) is 15.8. The van der Waals surface area contributed by atoms with E-state index in [1.807, 2.05) is 37.6 Å². The molecule has 0 bridgehead atoms. The molecule has 4 rings (SSSR count). The predicted molar refractivity (Wildman–Crippen MR) is 169 cm³/mol. The average molecular weight is 627 g/mol. The largest absolute Gasteiger partial charge is 0.456 e. The molecular formula is C30H35ClN6O5S. The number of nitrogens with one attached hydrogen (secondary N) is 3. The Balaban J connectivity index is 1.47. The summed E-state index contributed by atoms with van der Waals surface area (Å²) in [5, 5.41) is 9.21. The van der Waals surface area contributed by atoms with Crippen LogP contribution >= 0.6 is 11.6 Å². The van der Waals surface area contributed by atoms with Gasteiger partial charge in [0, 0.05) is 48.4 Å². The Kier molecular flexibility index (Phi) is 9.02. The molecule has 11 nitrogen and oxygen atoms in total. The molecule has 2 heterocycles. The highest BCUT2D eigenvalue weighted by Crippen LogP contribution is 2.34. The molecule has 0 aliphatic heterocycles. The van der Waals surface area contributed by atoms with E-state index in [-0.39, 0.29) is 12.5 Å². The van der Waals surface area contributed by atoms with Crippen molar-refractivity contribution >= 4 is 61.5 Å². The summed E-state index contributed by atoms with van der Waals surface area (Å²) in [7, 11) is -3.58. The lowest BCUT2D eigenvalue weighted by atomic mass is 9.95. The van der Waals surface area contributed by atoms with Gasteiger partial charge in [-0.15, -0.1) is 0 Å². The maximum atomic E-state index is 12.5. The quantitative estimate of drug-likeness (QED) is 0.208. The highest BCUT2D eigenvalue weighted by molar-refractivity contribution is 7.92. The second-order valence-electron chi connectivity index (χ2n) is 11.6. The second-order valence-corrected chi connectivity index (χ2v) is 14.6. The van der Waals surface area contributed by atoms with Gasteiger partial charge in [0.05, 0.1) is 10.5 Å². The van der Waals surface area contributed by atoms with Gasteiger partial charge in [-0.05, 0) is 50.2 Å². The summed E-state index contributed by atoms with van der Waals surface area (Å²) in [6.45, 7) is 8.84. The molecule has 43 heavy (non-hydrogen) atoms. The van der Waals surface area contributed by atoms with Gasteiger partial charge in [0.25, 0.3) is 0 Å². The molecule has 0 atom stereocenters. The number of carbonyl (C=O) groups excluding carboxylic acids is 2. The van der Waals surface area contributed by atoms with Crippen LogP contribution in [0.25, 0.3) is 11.0 Å². The van der Waals surface area contributed by atoms with Crippen LogP contribution in [0.2, 0.25) is 5.02 Å². The van der Waals surface area contributed by atoms with Gasteiger partial charge in [-0.3, -0.25) is 9.59 Å². The molecule has 2 aromatic heterocycles. The minimum atomic E-state index is -3.58. The van der Waals surface area contributed by atoms with Crippen LogP contribution in [0, 0.1) is 5.41 Å². The smallest absolute Gasteiger partial charge is 0.240 e. The van der Waals surface area contributed by atoms with E-state index in [1.165, 1.54) is 20.2 Å². The van der Waals surface area contributed by atoms with Crippen molar-refractivity contribution in [3.05, 3.63) is 66.1 Å². The van der Waals surface area contributed by atoms with E-state index in [0.29, 0.717) is 51.3 Å². The first-order valence-electron chi connectivity index (χ1n) is 13.5. The summed E-state index contributed by atoms with van der Waals surface area (Å²) < 4.78 is 30.3. The fourth-order valence-electron chi connectivity index (χ4n) is 3.86. The number of ether oxygens (including phenoxy) is 1. The van der Waals surface area contributed by atoms with Crippen molar-refractivity contribution in [1.29, 1.82) is 0 Å². The molecule has 0 saturated carbocycles. The number of sulfone groups is 1. The van der Waals surface area contributed by atoms with E-state index in [9.17, 15) is 18.0 Å². The number of amides is 2. The number of nitrogens with zero attached hydrogens (tertiary/aromatic N) is 3. The Bertz CT molecular complexity index is 1780. The highest BCUT2D eigenvalue weighted by Gasteiger charge is 2.38. The van der Waals surface area contributed by atoms with E-state index >= 15 is 0 Å². The molecule has 0 aliphatic rings. The van der Waals surface area contributed by atoms with Crippen LogP contribution in [0.4, 0.5) is 17.2 Å². The van der Waals surface area contributed by atoms with Crippen LogP contribution in [-0.4, -0.2) is 52.3 Å². The molecule has 0 radical (unpaired) electrons. The van der Waals surface area contributed by atoms with Crippen LogP contribution < -0.4 is 20.7 Å². The zero-order chi connectivity index (χ0) is 31.6. The average Bonchev–Trinajstić information content (AvgIpc) is 3.33. The molecule has 228 valence electrons. The maximum absolute atomic E-state index is 12.5. The molecule has 2 aromatic carbocycles. The van der Waals surface area contributed by atoms with Gasteiger partial charge in [0.2, 0.25) is 11.8 Å². The number of aromatic nitrogens is 3. The Hall–Kier alpha value is -4.16. The van der Waals surface area contributed by atoms with E-state index in [4.69, 9.17) is 16.3 Å². The topological polar surface area (TPSA) is 144 Å². The highest BCUT2D eigenvalue weighted by atomic mass is 35.5. The lowest BCUT2D eigenvalue weighted by Crippen LogP contribution is -2.48. The van der Waals surface area contributed by atoms with Crippen LogP contribution in [0.3, 0.4) is 0 Å². The van der Waals surface area contributed by atoms with Crippen molar-refractivity contribution in [1.82, 2.24) is 19.9 Å². The van der Waals surface area contributed by atoms with E-state index < -0.39 is 25.9 Å². The Morgan fingerprint density at radius 1 is 0.977 bits per heavy atom. The lowest BCUT2D eigenvalue weighted by Gasteiger charge is -2.21. The molecule has 0 unspecified atom stereocenters. The fraction of sp³-hybridized carbons (Fsp3) is 0.333. The number of benzene rings is 2. The van der Waals surface area contributed by atoms with Gasteiger partial charge >= 0.3 is 0 Å². The first kappa shape index (κ1) is 31.8. The molecule has 0 fully saturated rings. The third-order valence-electron chi connectivity index (χ3n) is 6.86. The Morgan fingerprint density at radius 2 is 1.72 bits per heavy atom. The zero-order valence-corrected chi connectivity index (χ0v) is 26.4. The molecule has 0 spiro atoms. The molecule has 4 aromatic rings. The van der Waals surface area contributed by atoms with Crippen molar-refractivity contribution in [2.75, 3.05) is 23.4 Å². The van der Waals surface area contributed by atoms with E-state index in [0.717, 1.165) is 6.26 Å². The molecule has 0 saturated heterocycles. The third kappa shape index (κ3) is 7.44. The second kappa shape index (κ2) is 12.2. The summed E-state index contributed by atoms with van der Waals surface area (Å²) in [6, 6.07) is 14.1. The standard InChI is InChI=1S/C30H35ClN6O5S/c1-29(2,3)27(38)36-19-8-7-9-21(16-19)42-24-11-10-20(17-22(24)31)35-26-25-23(33-18-34-26)12-14-37(25)15-13-32-28(39)30(4,5)43(6,40)41/h7-12,14,16-18H,13,15H2,1-6H3,(H,32,39)(H,36,38)(H,33,34,35). The van der Waals surface area contributed by atoms with Crippen LogP contribution in [0.15, 0.2) is 61.1 Å². The number of fused-ring (bicyclic) bond motifs is 1. The van der Waals surface area contributed by atoms with Crippen LogP contribution in [0.5, 0.6) is 11.5 Å². The molecule has 2 amide bonds. The van der Waals surface area contributed by atoms with E-state index in [1.54, 1.807) is 42.5 Å². The molecule has 13 heteroatoms. The summed E-state index contributed by atoms with van der Waals surface area (Å²) in [4.78, 5) is 33.6. The third-order valence-corrected chi connectivity index (χ3v) is 9.19.